The van der Waals surface area contributed by atoms with E-state index in [2.05, 4.69) is 38.7 Å². The molecule has 0 bridgehead atoms. The van der Waals surface area contributed by atoms with Gasteiger partial charge in [0, 0.05) is 24.4 Å². The van der Waals surface area contributed by atoms with Gasteiger partial charge in [0.1, 0.15) is 23.7 Å². The van der Waals surface area contributed by atoms with Gasteiger partial charge in [-0.25, -0.2) is 13.8 Å². The first-order valence-corrected chi connectivity index (χ1v) is 16.7. The fourth-order valence-electron chi connectivity index (χ4n) is 7.31. The van der Waals surface area contributed by atoms with Crippen LogP contribution in [0.2, 0.25) is 0 Å². The Labute approximate surface area is 267 Å². The number of hydrogen-bond acceptors (Lipinski definition) is 5. The lowest BCUT2D eigenvalue weighted by molar-refractivity contribution is -0.138. The minimum atomic E-state index is -1.33. The Morgan fingerprint density at radius 1 is 0.978 bits per heavy atom. The summed E-state index contributed by atoms with van der Waals surface area (Å²) in [7, 11) is 0. The molecule has 1 unspecified atom stereocenters. The van der Waals surface area contributed by atoms with Crippen LogP contribution in [0.1, 0.15) is 96.9 Å². The molecule has 2 saturated carbocycles. The maximum Gasteiger partial charge on any atom is 0.270 e. The second-order valence-electron chi connectivity index (χ2n) is 13.6. The van der Waals surface area contributed by atoms with Crippen molar-refractivity contribution in [3.63, 3.8) is 0 Å². The van der Waals surface area contributed by atoms with Gasteiger partial charge in [0.15, 0.2) is 0 Å². The van der Waals surface area contributed by atoms with Crippen molar-refractivity contribution in [2.45, 2.75) is 88.0 Å². The van der Waals surface area contributed by atoms with Gasteiger partial charge in [-0.1, -0.05) is 24.3 Å². The van der Waals surface area contributed by atoms with Gasteiger partial charge in [-0.2, -0.15) is 0 Å². The number of pyridine rings is 1. The Bertz CT molecular complexity index is 1660. The number of likely N-dealkylation sites (tertiary alicyclic amines) is 2. The number of aromatic nitrogens is 1. The Kier molecular flexibility index (Phi) is 8.48. The SMILES string of the molecule is C[C@H](NC(=O)[C@@H]1C[C@@H](F)CN1C(=O)CNC(=O)c1ccc2cc(F)ccc2n1)c1cc(C2CCCN(C3CC3)C2)ccc1C1CC1. The highest BCUT2D eigenvalue weighted by Crippen LogP contribution is 2.44. The van der Waals surface area contributed by atoms with Crippen LogP contribution < -0.4 is 10.6 Å². The summed E-state index contributed by atoms with van der Waals surface area (Å²) in [6.45, 7) is 3.63. The van der Waals surface area contributed by atoms with E-state index in [1.54, 1.807) is 6.07 Å². The van der Waals surface area contributed by atoms with Gasteiger partial charge in [-0.15, -0.1) is 0 Å². The molecule has 1 aromatic heterocycles. The maximum atomic E-state index is 14.7. The Morgan fingerprint density at radius 2 is 1.80 bits per heavy atom. The summed E-state index contributed by atoms with van der Waals surface area (Å²) in [5, 5.41) is 6.21. The molecule has 10 heteroatoms. The monoisotopic (exact) mass is 629 g/mol. The van der Waals surface area contributed by atoms with Crippen molar-refractivity contribution in [2.75, 3.05) is 26.2 Å². The molecule has 3 amide bonds. The van der Waals surface area contributed by atoms with Gasteiger partial charge in [-0.05, 0) is 105 Å². The standard InChI is InChI=1S/C36H41F2N5O3/c1-21(30-16-23(6-11-29(30)22-4-5-22)25-3-2-14-42(19-25)28-9-10-28)40-36(46)33-17-27(38)20-43(33)34(44)18-39-35(45)32-12-7-24-15-26(37)8-13-31(24)41-32/h6-8,11-13,15-16,21-22,25,27-28,33H,2-5,9-10,14,17-20H2,1H3,(H,39,45)(H,40,46)/t21-,25?,27+,33-/m0/s1. The molecule has 8 nitrogen and oxygen atoms in total. The number of hydrogen-bond donors (Lipinski definition) is 2. The number of benzene rings is 2. The highest BCUT2D eigenvalue weighted by molar-refractivity contribution is 5.97. The number of halogens is 2. The van der Waals surface area contributed by atoms with E-state index in [0.29, 0.717) is 22.7 Å². The molecule has 2 saturated heterocycles. The van der Waals surface area contributed by atoms with E-state index in [1.807, 2.05) is 6.92 Å². The number of alkyl halides is 1. The topological polar surface area (TPSA) is 94.6 Å². The molecular weight excluding hydrogens is 588 g/mol. The number of rotatable bonds is 9. The summed E-state index contributed by atoms with van der Waals surface area (Å²) in [5.74, 6) is -0.945. The third-order valence-corrected chi connectivity index (χ3v) is 10.1. The lowest BCUT2D eigenvalue weighted by atomic mass is 9.86. The summed E-state index contributed by atoms with van der Waals surface area (Å²) in [5.41, 5.74) is 4.21. The number of carbonyl (C=O) groups excluding carboxylic acids is 3. The van der Waals surface area contributed by atoms with Crippen molar-refractivity contribution in [1.29, 1.82) is 0 Å². The summed E-state index contributed by atoms with van der Waals surface area (Å²) < 4.78 is 28.2. The van der Waals surface area contributed by atoms with Crippen LogP contribution in [0.15, 0.2) is 48.5 Å². The third kappa shape index (κ3) is 6.63. The maximum absolute atomic E-state index is 14.7. The number of piperidine rings is 1. The molecule has 4 fully saturated rings. The van der Waals surface area contributed by atoms with Crippen molar-refractivity contribution in [2.24, 2.45) is 0 Å². The minimum absolute atomic E-state index is 0.0713. The number of nitrogens with zero attached hydrogens (tertiary/aromatic N) is 3. The fraction of sp³-hybridized carbons (Fsp3) is 0.500. The molecule has 3 aromatic rings. The van der Waals surface area contributed by atoms with E-state index in [0.717, 1.165) is 37.4 Å². The van der Waals surface area contributed by atoms with Crippen LogP contribution in [0.3, 0.4) is 0 Å². The van der Waals surface area contributed by atoms with Crippen LogP contribution in [0.5, 0.6) is 0 Å². The summed E-state index contributed by atoms with van der Waals surface area (Å²) >= 11 is 0. The van der Waals surface area contributed by atoms with Crippen LogP contribution >= 0.6 is 0 Å². The van der Waals surface area contributed by atoms with Gasteiger partial charge in [0.25, 0.3) is 5.91 Å². The number of fused-ring (bicyclic) bond motifs is 1. The normalized spacial score (nSPS) is 24.2. The average Bonchev–Trinajstić information content (AvgIpc) is 4.00. The molecule has 4 atom stereocenters. The average molecular weight is 630 g/mol. The zero-order valence-corrected chi connectivity index (χ0v) is 26.2. The van der Waals surface area contributed by atoms with E-state index < -0.39 is 36.4 Å². The lowest BCUT2D eigenvalue weighted by Crippen LogP contribution is -2.49. The zero-order valence-electron chi connectivity index (χ0n) is 26.2. The zero-order chi connectivity index (χ0) is 31.9. The Balaban J connectivity index is 1.00. The minimum Gasteiger partial charge on any atom is -0.348 e. The highest BCUT2D eigenvalue weighted by Gasteiger charge is 2.41. The molecule has 2 aromatic carbocycles. The van der Waals surface area contributed by atoms with Crippen LogP contribution in [-0.2, 0) is 9.59 Å². The smallest absolute Gasteiger partial charge is 0.270 e. The molecule has 0 radical (unpaired) electrons. The van der Waals surface area contributed by atoms with Crippen LogP contribution in [0.25, 0.3) is 10.9 Å². The second-order valence-corrected chi connectivity index (χ2v) is 13.6. The quantitative estimate of drug-likeness (QED) is 0.342. The van der Waals surface area contributed by atoms with Gasteiger partial charge in [0.05, 0.1) is 24.6 Å². The number of nitrogens with one attached hydrogen (secondary N) is 2. The molecule has 2 aliphatic heterocycles. The summed E-state index contributed by atoms with van der Waals surface area (Å²) in [6, 6.07) is 13.4. The molecular formula is C36H41F2N5O3. The molecule has 4 aliphatic rings. The molecule has 242 valence electrons. The largest absolute Gasteiger partial charge is 0.348 e. The van der Waals surface area contributed by atoms with Crippen LogP contribution in [0.4, 0.5) is 8.78 Å². The predicted molar refractivity (Wildman–Crippen MR) is 171 cm³/mol. The van der Waals surface area contributed by atoms with Gasteiger partial charge >= 0.3 is 0 Å². The van der Waals surface area contributed by atoms with Crippen molar-refractivity contribution >= 4 is 28.6 Å². The predicted octanol–water partition coefficient (Wildman–Crippen LogP) is 5.14. The molecule has 0 spiro atoms. The fourth-order valence-corrected chi connectivity index (χ4v) is 7.31. The second kappa shape index (κ2) is 12.7. The van der Waals surface area contributed by atoms with Crippen LogP contribution in [0, 0.1) is 5.82 Å². The molecule has 3 heterocycles. The van der Waals surface area contributed by atoms with Gasteiger partial charge in [0.2, 0.25) is 11.8 Å². The first kappa shape index (κ1) is 30.7. The lowest BCUT2D eigenvalue weighted by Gasteiger charge is -2.33. The third-order valence-electron chi connectivity index (χ3n) is 10.1. The van der Waals surface area contributed by atoms with E-state index in [9.17, 15) is 23.2 Å². The van der Waals surface area contributed by atoms with Crippen molar-refractivity contribution in [3.8, 4) is 0 Å². The first-order valence-electron chi connectivity index (χ1n) is 16.7. The van der Waals surface area contributed by atoms with E-state index in [1.165, 1.54) is 66.1 Å². The molecule has 2 aliphatic carbocycles. The van der Waals surface area contributed by atoms with Gasteiger partial charge < -0.3 is 15.5 Å². The molecule has 7 rings (SSSR count). The van der Waals surface area contributed by atoms with Crippen molar-refractivity contribution < 1.29 is 23.2 Å². The first-order chi connectivity index (χ1) is 22.2. The van der Waals surface area contributed by atoms with E-state index in [-0.39, 0.29) is 30.6 Å². The summed E-state index contributed by atoms with van der Waals surface area (Å²) in [4.78, 5) is 47.7. The highest BCUT2D eigenvalue weighted by atomic mass is 19.1. The molecule has 46 heavy (non-hydrogen) atoms. The van der Waals surface area contributed by atoms with E-state index >= 15 is 0 Å². The van der Waals surface area contributed by atoms with Crippen molar-refractivity contribution in [3.05, 3.63) is 76.7 Å². The Morgan fingerprint density at radius 3 is 2.59 bits per heavy atom. The van der Waals surface area contributed by atoms with E-state index in [4.69, 9.17) is 0 Å². The number of amides is 3. The van der Waals surface area contributed by atoms with Crippen molar-refractivity contribution in [1.82, 2.24) is 25.4 Å². The molecule has 2 N–H and O–H groups in total. The summed E-state index contributed by atoms with van der Waals surface area (Å²) in [6.07, 6.45) is 5.83. The van der Waals surface area contributed by atoms with Gasteiger partial charge in [-0.3, -0.25) is 19.3 Å². The number of carbonyl (C=O) groups is 3. The Hall–Kier alpha value is -3.92. The van der Waals surface area contributed by atoms with Crippen LogP contribution in [-0.4, -0.2) is 76.9 Å².